The van der Waals surface area contributed by atoms with Crippen molar-refractivity contribution in [3.63, 3.8) is 0 Å². The number of anilines is 1. The second kappa shape index (κ2) is 5.77. The first kappa shape index (κ1) is 13.3. The van der Waals surface area contributed by atoms with Crippen LogP contribution in [0, 0.1) is 11.3 Å². The van der Waals surface area contributed by atoms with Gasteiger partial charge in [-0.1, -0.05) is 12.1 Å². The lowest BCUT2D eigenvalue weighted by Crippen LogP contribution is -2.03. The van der Waals surface area contributed by atoms with Gasteiger partial charge in [-0.3, -0.25) is 0 Å². The van der Waals surface area contributed by atoms with Crippen molar-refractivity contribution in [3.05, 3.63) is 41.3 Å². The number of hydrogen-bond acceptors (Lipinski definition) is 6. The Morgan fingerprint density at radius 1 is 1.29 bits per heavy atom. The summed E-state index contributed by atoms with van der Waals surface area (Å²) in [5.74, 6) is 1.48. The third kappa shape index (κ3) is 2.64. The molecular formula is C15H12N4OS. The number of thiophene rings is 1. The molecule has 0 spiro atoms. The summed E-state index contributed by atoms with van der Waals surface area (Å²) < 4.78 is 5.85. The summed E-state index contributed by atoms with van der Waals surface area (Å²) in [6.45, 7) is 2.71. The van der Waals surface area contributed by atoms with Crippen LogP contribution in [0.5, 0.6) is 11.6 Å². The number of nitrogens with zero attached hydrogens (tertiary/aromatic N) is 3. The second-order valence-corrected chi connectivity index (χ2v) is 5.13. The number of rotatable bonds is 4. The van der Waals surface area contributed by atoms with E-state index < -0.39 is 0 Å². The lowest BCUT2D eigenvalue weighted by Gasteiger charge is -2.09. The van der Waals surface area contributed by atoms with Crippen LogP contribution in [0.2, 0.25) is 0 Å². The molecular weight excluding hydrogens is 284 g/mol. The van der Waals surface area contributed by atoms with Crippen molar-refractivity contribution in [1.82, 2.24) is 9.97 Å². The van der Waals surface area contributed by atoms with Crippen molar-refractivity contribution in [3.8, 4) is 17.7 Å². The molecule has 0 atom stereocenters. The molecule has 0 saturated carbocycles. The zero-order valence-electron chi connectivity index (χ0n) is 11.3. The third-order valence-corrected chi connectivity index (χ3v) is 3.65. The van der Waals surface area contributed by atoms with Crippen LogP contribution < -0.4 is 10.1 Å². The normalized spacial score (nSPS) is 10.3. The summed E-state index contributed by atoms with van der Waals surface area (Å²) in [6, 6.07) is 11.1. The van der Waals surface area contributed by atoms with Gasteiger partial charge in [0.2, 0.25) is 11.8 Å². The lowest BCUT2D eigenvalue weighted by atomic mass is 10.2. The number of hydrogen-bond donors (Lipinski definition) is 1. The fourth-order valence-corrected chi connectivity index (χ4v) is 2.65. The van der Waals surface area contributed by atoms with E-state index in [-0.39, 0.29) is 0 Å². The molecule has 0 bridgehead atoms. The third-order valence-electron chi connectivity index (χ3n) is 2.84. The molecule has 1 N–H and O–H groups in total. The minimum absolute atomic E-state index is 0.458. The minimum atomic E-state index is 0.458. The molecule has 0 aliphatic heterocycles. The first-order chi connectivity index (χ1) is 10.3. The van der Waals surface area contributed by atoms with Crippen molar-refractivity contribution < 1.29 is 4.74 Å². The number of fused-ring (bicyclic) bond motifs is 1. The van der Waals surface area contributed by atoms with Crippen molar-refractivity contribution in [2.45, 2.75) is 6.92 Å². The van der Waals surface area contributed by atoms with Gasteiger partial charge in [0.05, 0.1) is 10.9 Å². The van der Waals surface area contributed by atoms with Crippen LogP contribution >= 0.6 is 11.3 Å². The van der Waals surface area contributed by atoms with Crippen molar-refractivity contribution in [2.24, 2.45) is 0 Å². The fraction of sp³-hybridized carbons (Fsp3) is 0.133. The molecule has 21 heavy (non-hydrogen) atoms. The van der Waals surface area contributed by atoms with Crippen molar-refractivity contribution in [2.75, 3.05) is 11.9 Å². The number of nitriles is 1. The summed E-state index contributed by atoms with van der Waals surface area (Å²) in [5.41, 5.74) is 0.476. The average molecular weight is 296 g/mol. The van der Waals surface area contributed by atoms with Crippen LogP contribution in [0.25, 0.3) is 10.2 Å². The van der Waals surface area contributed by atoms with E-state index in [0.717, 1.165) is 16.8 Å². The summed E-state index contributed by atoms with van der Waals surface area (Å²) in [4.78, 5) is 9.66. The summed E-state index contributed by atoms with van der Waals surface area (Å²) >= 11 is 1.53. The van der Waals surface area contributed by atoms with E-state index >= 15 is 0 Å². The zero-order chi connectivity index (χ0) is 14.7. The van der Waals surface area contributed by atoms with E-state index in [0.29, 0.717) is 23.1 Å². The van der Waals surface area contributed by atoms with E-state index in [1.807, 2.05) is 24.4 Å². The number of aromatic nitrogens is 2. The van der Waals surface area contributed by atoms with Crippen LogP contribution in [0.15, 0.2) is 35.7 Å². The molecule has 0 amide bonds. The van der Waals surface area contributed by atoms with Gasteiger partial charge in [0.15, 0.2) is 0 Å². The Hall–Kier alpha value is -2.65. The number of para-hydroxylation sites is 1. The topological polar surface area (TPSA) is 70.8 Å². The highest BCUT2D eigenvalue weighted by atomic mass is 32.1. The van der Waals surface area contributed by atoms with Gasteiger partial charge in [0.1, 0.15) is 16.6 Å². The molecule has 6 heteroatoms. The van der Waals surface area contributed by atoms with Gasteiger partial charge in [0, 0.05) is 6.54 Å². The highest BCUT2D eigenvalue weighted by molar-refractivity contribution is 7.16. The largest absolute Gasteiger partial charge is 0.437 e. The van der Waals surface area contributed by atoms with E-state index in [1.54, 1.807) is 18.2 Å². The fourth-order valence-electron chi connectivity index (χ4n) is 1.90. The predicted molar refractivity (Wildman–Crippen MR) is 82.8 cm³/mol. The molecule has 0 radical (unpaired) electrons. The Morgan fingerprint density at radius 2 is 2.14 bits per heavy atom. The molecule has 104 valence electrons. The summed E-state index contributed by atoms with van der Waals surface area (Å²) in [5, 5.41) is 15.0. The van der Waals surface area contributed by atoms with Crippen LogP contribution in [0.3, 0.4) is 0 Å². The van der Waals surface area contributed by atoms with Crippen molar-refractivity contribution in [1.29, 1.82) is 5.26 Å². The average Bonchev–Trinajstić information content (AvgIpc) is 2.97. The maximum atomic E-state index is 9.14. The summed E-state index contributed by atoms with van der Waals surface area (Å²) in [7, 11) is 0. The molecule has 3 rings (SSSR count). The highest BCUT2D eigenvalue weighted by Crippen LogP contribution is 2.32. The van der Waals surface area contributed by atoms with E-state index in [4.69, 9.17) is 10.00 Å². The van der Waals surface area contributed by atoms with Gasteiger partial charge in [0.25, 0.3) is 0 Å². The van der Waals surface area contributed by atoms with Crippen molar-refractivity contribution >= 4 is 27.5 Å². The molecule has 5 nitrogen and oxygen atoms in total. The molecule has 0 unspecified atom stereocenters. The Balaban J connectivity index is 2.07. The molecule has 3 aromatic rings. The number of nitrogens with one attached hydrogen (secondary N) is 1. The standard InChI is InChI=1S/C15H12N4OS/c1-2-17-15-18-13(11-7-8-21-14(11)19-15)20-12-6-4-3-5-10(12)9-16/h3-8H,2H2,1H3,(H,17,18,19). The smallest absolute Gasteiger partial charge is 0.232 e. The number of benzene rings is 1. The van der Waals surface area contributed by atoms with E-state index in [2.05, 4.69) is 21.4 Å². The van der Waals surface area contributed by atoms with Gasteiger partial charge >= 0.3 is 0 Å². The quantitative estimate of drug-likeness (QED) is 0.793. The van der Waals surface area contributed by atoms with Gasteiger partial charge < -0.3 is 10.1 Å². The second-order valence-electron chi connectivity index (χ2n) is 4.23. The SMILES string of the molecule is CCNc1nc(Oc2ccccc2C#N)c2ccsc2n1. The van der Waals surface area contributed by atoms with Crippen LogP contribution in [-0.4, -0.2) is 16.5 Å². The van der Waals surface area contributed by atoms with E-state index in [1.165, 1.54) is 11.3 Å². The molecule has 2 aromatic heterocycles. The lowest BCUT2D eigenvalue weighted by molar-refractivity contribution is 0.467. The first-order valence-electron chi connectivity index (χ1n) is 6.48. The van der Waals surface area contributed by atoms with Crippen LogP contribution in [0.1, 0.15) is 12.5 Å². The Labute approximate surface area is 125 Å². The number of ether oxygens (including phenoxy) is 1. The Kier molecular flexibility index (Phi) is 3.67. The van der Waals surface area contributed by atoms with Gasteiger partial charge in [-0.2, -0.15) is 10.2 Å². The summed E-state index contributed by atoms with van der Waals surface area (Å²) in [6.07, 6.45) is 0. The van der Waals surface area contributed by atoms with Gasteiger partial charge in [-0.25, -0.2) is 4.98 Å². The minimum Gasteiger partial charge on any atom is -0.437 e. The molecule has 0 saturated heterocycles. The highest BCUT2D eigenvalue weighted by Gasteiger charge is 2.12. The maximum Gasteiger partial charge on any atom is 0.232 e. The maximum absolute atomic E-state index is 9.14. The van der Waals surface area contributed by atoms with E-state index in [9.17, 15) is 0 Å². The zero-order valence-corrected chi connectivity index (χ0v) is 12.1. The van der Waals surface area contributed by atoms with Gasteiger partial charge in [-0.05, 0) is 30.5 Å². The predicted octanol–water partition coefficient (Wildman–Crippen LogP) is 3.79. The Morgan fingerprint density at radius 3 is 2.95 bits per heavy atom. The van der Waals surface area contributed by atoms with Crippen LogP contribution in [0.4, 0.5) is 5.95 Å². The molecule has 0 aliphatic rings. The molecule has 0 fully saturated rings. The Bertz CT molecular complexity index is 822. The first-order valence-corrected chi connectivity index (χ1v) is 7.36. The monoisotopic (exact) mass is 296 g/mol. The molecule has 2 heterocycles. The van der Waals surface area contributed by atoms with Crippen LogP contribution in [-0.2, 0) is 0 Å². The van der Waals surface area contributed by atoms with Gasteiger partial charge in [-0.15, -0.1) is 11.3 Å². The molecule has 1 aromatic carbocycles. The molecule has 0 aliphatic carbocycles.